The summed E-state index contributed by atoms with van der Waals surface area (Å²) in [4.78, 5) is 2.40. The summed E-state index contributed by atoms with van der Waals surface area (Å²) in [5, 5.41) is 7.52. The van der Waals surface area contributed by atoms with Crippen LogP contribution in [0.1, 0.15) is 5.56 Å². The maximum atomic E-state index is 6.00. The molecule has 5 heteroatoms. The van der Waals surface area contributed by atoms with Crippen LogP contribution in [0, 0.1) is 0 Å². The lowest BCUT2D eigenvalue weighted by molar-refractivity contribution is 0.222. The van der Waals surface area contributed by atoms with Gasteiger partial charge < -0.3 is 15.4 Å². The Balaban J connectivity index is 1.83. The molecule has 0 radical (unpaired) electrons. The Kier molecular flexibility index (Phi) is 5.26. The van der Waals surface area contributed by atoms with Crippen molar-refractivity contribution >= 4 is 11.6 Å². The van der Waals surface area contributed by atoms with Crippen LogP contribution in [0.15, 0.2) is 18.2 Å². The van der Waals surface area contributed by atoms with E-state index in [1.165, 1.54) is 0 Å². The van der Waals surface area contributed by atoms with Crippen LogP contribution in [0.5, 0.6) is 5.75 Å². The predicted molar refractivity (Wildman–Crippen MR) is 74.2 cm³/mol. The minimum Gasteiger partial charge on any atom is -0.496 e. The van der Waals surface area contributed by atoms with Gasteiger partial charge in [0.2, 0.25) is 0 Å². The second-order valence-electron chi connectivity index (χ2n) is 4.41. The molecule has 18 heavy (non-hydrogen) atoms. The minimum absolute atomic E-state index is 0.745. The van der Waals surface area contributed by atoms with E-state index in [2.05, 4.69) is 15.5 Å². The van der Waals surface area contributed by atoms with E-state index in [4.69, 9.17) is 16.3 Å². The van der Waals surface area contributed by atoms with Crippen molar-refractivity contribution < 1.29 is 4.74 Å². The van der Waals surface area contributed by atoms with Gasteiger partial charge in [0.15, 0.2) is 0 Å². The summed E-state index contributed by atoms with van der Waals surface area (Å²) in [5.41, 5.74) is 1.10. The molecular formula is C13H20ClN3O. The number of hydrogen-bond acceptors (Lipinski definition) is 4. The van der Waals surface area contributed by atoms with Gasteiger partial charge in [0.05, 0.1) is 7.11 Å². The molecule has 2 rings (SSSR count). The molecule has 1 saturated heterocycles. The molecule has 0 saturated carbocycles. The van der Waals surface area contributed by atoms with Crippen molar-refractivity contribution in [3.63, 3.8) is 0 Å². The third-order valence-electron chi connectivity index (χ3n) is 3.10. The molecular weight excluding hydrogens is 250 g/mol. The Labute approximate surface area is 113 Å². The summed E-state index contributed by atoms with van der Waals surface area (Å²) < 4.78 is 5.32. The summed E-state index contributed by atoms with van der Waals surface area (Å²) in [6.45, 7) is 6.01. The van der Waals surface area contributed by atoms with Crippen molar-refractivity contribution in [2.45, 2.75) is 6.54 Å². The van der Waals surface area contributed by atoms with Gasteiger partial charge in [-0.25, -0.2) is 0 Å². The Morgan fingerprint density at radius 1 is 1.39 bits per heavy atom. The second kappa shape index (κ2) is 6.95. The molecule has 0 aliphatic carbocycles. The molecule has 0 amide bonds. The van der Waals surface area contributed by atoms with Gasteiger partial charge in [0.1, 0.15) is 5.75 Å². The Morgan fingerprint density at radius 2 is 2.17 bits per heavy atom. The van der Waals surface area contributed by atoms with E-state index >= 15 is 0 Å². The number of benzene rings is 1. The highest BCUT2D eigenvalue weighted by atomic mass is 35.5. The summed E-state index contributed by atoms with van der Waals surface area (Å²) in [7, 11) is 1.68. The van der Waals surface area contributed by atoms with E-state index in [9.17, 15) is 0 Å². The van der Waals surface area contributed by atoms with Crippen LogP contribution in [-0.4, -0.2) is 44.9 Å². The van der Waals surface area contributed by atoms with Crippen LogP contribution >= 0.6 is 11.6 Å². The van der Waals surface area contributed by atoms with Gasteiger partial charge in [-0.3, -0.25) is 4.90 Å². The standard InChI is InChI=1S/C13H20ClN3O/c1-18-13-3-2-12(14)8-11(13)9-16-10-17-6-4-15-5-7-17/h2-3,8,15-16H,4-7,9-10H2,1H3. The van der Waals surface area contributed by atoms with Crippen LogP contribution in [0.2, 0.25) is 5.02 Å². The van der Waals surface area contributed by atoms with E-state index in [1.807, 2.05) is 18.2 Å². The molecule has 100 valence electrons. The van der Waals surface area contributed by atoms with Gasteiger partial charge in [-0.1, -0.05) is 11.6 Å². The number of ether oxygens (including phenoxy) is 1. The van der Waals surface area contributed by atoms with Crippen molar-refractivity contribution in [2.24, 2.45) is 0 Å². The third-order valence-corrected chi connectivity index (χ3v) is 3.34. The highest BCUT2D eigenvalue weighted by molar-refractivity contribution is 6.30. The normalized spacial score (nSPS) is 16.8. The van der Waals surface area contributed by atoms with Gasteiger partial charge in [-0.2, -0.15) is 0 Å². The van der Waals surface area contributed by atoms with Crippen molar-refractivity contribution in [3.8, 4) is 5.75 Å². The summed E-state index contributed by atoms with van der Waals surface area (Å²) >= 11 is 6.00. The Morgan fingerprint density at radius 3 is 2.89 bits per heavy atom. The number of methoxy groups -OCH3 is 1. The maximum Gasteiger partial charge on any atom is 0.123 e. The minimum atomic E-state index is 0.745. The van der Waals surface area contributed by atoms with Crippen LogP contribution in [0.25, 0.3) is 0 Å². The lowest BCUT2D eigenvalue weighted by Gasteiger charge is -2.27. The van der Waals surface area contributed by atoms with Crippen LogP contribution in [0.4, 0.5) is 0 Å². The van der Waals surface area contributed by atoms with E-state index in [0.717, 1.165) is 55.7 Å². The quantitative estimate of drug-likeness (QED) is 0.845. The van der Waals surface area contributed by atoms with Crippen molar-refractivity contribution in [3.05, 3.63) is 28.8 Å². The molecule has 0 unspecified atom stereocenters. The Bertz CT molecular complexity index is 380. The number of nitrogens with one attached hydrogen (secondary N) is 2. The predicted octanol–water partition coefficient (Wildman–Crippen LogP) is 1.30. The highest BCUT2D eigenvalue weighted by Gasteiger charge is 2.09. The molecule has 1 aromatic rings. The molecule has 0 atom stereocenters. The maximum absolute atomic E-state index is 6.00. The average molecular weight is 270 g/mol. The molecule has 1 aliphatic rings. The zero-order valence-electron chi connectivity index (χ0n) is 10.7. The fourth-order valence-electron chi connectivity index (χ4n) is 2.10. The monoisotopic (exact) mass is 269 g/mol. The van der Waals surface area contributed by atoms with E-state index in [1.54, 1.807) is 7.11 Å². The second-order valence-corrected chi connectivity index (χ2v) is 4.85. The first-order chi connectivity index (χ1) is 8.79. The average Bonchev–Trinajstić information content (AvgIpc) is 2.40. The largest absolute Gasteiger partial charge is 0.496 e. The first-order valence-corrected chi connectivity index (χ1v) is 6.63. The molecule has 1 fully saturated rings. The zero-order valence-corrected chi connectivity index (χ0v) is 11.5. The number of nitrogens with zero attached hydrogens (tertiary/aromatic N) is 1. The number of halogens is 1. The molecule has 0 bridgehead atoms. The van der Waals surface area contributed by atoms with Gasteiger partial charge >= 0.3 is 0 Å². The van der Waals surface area contributed by atoms with Gasteiger partial charge in [0, 0.05) is 50.0 Å². The number of hydrogen-bond donors (Lipinski definition) is 2. The molecule has 1 aromatic carbocycles. The highest BCUT2D eigenvalue weighted by Crippen LogP contribution is 2.22. The van der Waals surface area contributed by atoms with Gasteiger partial charge in [-0.05, 0) is 18.2 Å². The fourth-order valence-corrected chi connectivity index (χ4v) is 2.30. The van der Waals surface area contributed by atoms with Crippen molar-refractivity contribution in [1.29, 1.82) is 0 Å². The summed E-state index contributed by atoms with van der Waals surface area (Å²) in [6.07, 6.45) is 0. The van der Waals surface area contributed by atoms with Gasteiger partial charge in [-0.15, -0.1) is 0 Å². The van der Waals surface area contributed by atoms with Crippen LogP contribution in [-0.2, 0) is 6.54 Å². The molecule has 4 nitrogen and oxygen atoms in total. The SMILES string of the molecule is COc1ccc(Cl)cc1CNCN1CCNCC1. The van der Waals surface area contributed by atoms with E-state index in [-0.39, 0.29) is 0 Å². The number of rotatable bonds is 5. The molecule has 2 N–H and O–H groups in total. The summed E-state index contributed by atoms with van der Waals surface area (Å²) in [6, 6.07) is 5.70. The number of piperazine rings is 1. The van der Waals surface area contributed by atoms with Crippen LogP contribution < -0.4 is 15.4 Å². The Hall–Kier alpha value is -0.810. The molecule has 0 aromatic heterocycles. The lowest BCUT2D eigenvalue weighted by Crippen LogP contribution is -2.46. The first kappa shape index (κ1) is 13.6. The lowest BCUT2D eigenvalue weighted by atomic mass is 10.2. The van der Waals surface area contributed by atoms with Crippen molar-refractivity contribution in [1.82, 2.24) is 15.5 Å². The third kappa shape index (κ3) is 3.85. The van der Waals surface area contributed by atoms with Crippen molar-refractivity contribution in [2.75, 3.05) is 40.0 Å². The van der Waals surface area contributed by atoms with E-state index in [0.29, 0.717) is 0 Å². The van der Waals surface area contributed by atoms with E-state index < -0.39 is 0 Å². The smallest absolute Gasteiger partial charge is 0.123 e. The molecule has 1 heterocycles. The van der Waals surface area contributed by atoms with Crippen LogP contribution in [0.3, 0.4) is 0 Å². The topological polar surface area (TPSA) is 36.5 Å². The fraction of sp³-hybridized carbons (Fsp3) is 0.538. The van der Waals surface area contributed by atoms with Gasteiger partial charge in [0.25, 0.3) is 0 Å². The zero-order chi connectivity index (χ0) is 12.8. The molecule has 1 aliphatic heterocycles. The molecule has 0 spiro atoms. The first-order valence-electron chi connectivity index (χ1n) is 6.26. The summed E-state index contributed by atoms with van der Waals surface area (Å²) in [5.74, 6) is 0.882.